The number of rotatable bonds is 4. The first-order chi connectivity index (χ1) is 9.22. The molecule has 104 valence electrons. The summed E-state index contributed by atoms with van der Waals surface area (Å²) in [4.78, 5) is 16.3. The van der Waals surface area contributed by atoms with Gasteiger partial charge in [0.05, 0.1) is 5.03 Å². The Morgan fingerprint density at radius 3 is 2.84 bits per heavy atom. The Kier molecular flexibility index (Phi) is 5.22. The van der Waals surface area contributed by atoms with Crippen LogP contribution in [0.4, 0.5) is 0 Å². The number of carbonyl (C=O) groups is 1. The van der Waals surface area contributed by atoms with Gasteiger partial charge in [0, 0.05) is 24.4 Å². The molecule has 0 saturated heterocycles. The monoisotopic (exact) mass is 280 g/mol. The summed E-state index contributed by atoms with van der Waals surface area (Å²) in [5.41, 5.74) is 0.670. The molecule has 0 unspecified atom stereocenters. The van der Waals surface area contributed by atoms with E-state index in [1.165, 1.54) is 11.8 Å². The standard InChI is InChI=1S/C14H20N2O2S/c1-19-13-8-11(6-7-15-13)14(18)16-12-4-2-10(9-17)3-5-12/h6-8,10,12,17H,2-5,9H2,1H3,(H,16,18). The zero-order valence-electron chi connectivity index (χ0n) is 11.1. The number of nitrogens with one attached hydrogen (secondary N) is 1. The molecule has 19 heavy (non-hydrogen) atoms. The number of amides is 1. The molecule has 0 radical (unpaired) electrons. The molecule has 5 heteroatoms. The Hall–Kier alpha value is -1.07. The normalized spacial score (nSPS) is 23.1. The molecule has 1 aromatic heterocycles. The van der Waals surface area contributed by atoms with E-state index in [0.29, 0.717) is 11.5 Å². The first-order valence-corrected chi connectivity index (χ1v) is 7.87. The van der Waals surface area contributed by atoms with E-state index in [0.717, 1.165) is 30.7 Å². The van der Waals surface area contributed by atoms with E-state index in [-0.39, 0.29) is 18.6 Å². The van der Waals surface area contributed by atoms with Crippen LogP contribution in [0, 0.1) is 5.92 Å². The summed E-state index contributed by atoms with van der Waals surface area (Å²) in [5, 5.41) is 13.0. The van der Waals surface area contributed by atoms with Crippen molar-refractivity contribution < 1.29 is 9.90 Å². The summed E-state index contributed by atoms with van der Waals surface area (Å²) < 4.78 is 0. The highest BCUT2D eigenvalue weighted by molar-refractivity contribution is 7.98. The third-order valence-corrected chi connectivity index (χ3v) is 4.29. The van der Waals surface area contributed by atoms with Crippen LogP contribution in [0.3, 0.4) is 0 Å². The first-order valence-electron chi connectivity index (χ1n) is 6.64. The number of aromatic nitrogens is 1. The summed E-state index contributed by atoms with van der Waals surface area (Å²) >= 11 is 1.53. The van der Waals surface area contributed by atoms with Crippen LogP contribution >= 0.6 is 11.8 Å². The molecule has 1 saturated carbocycles. The maximum absolute atomic E-state index is 12.1. The fourth-order valence-electron chi connectivity index (χ4n) is 2.42. The van der Waals surface area contributed by atoms with Crippen LogP contribution < -0.4 is 5.32 Å². The van der Waals surface area contributed by atoms with Gasteiger partial charge < -0.3 is 10.4 Å². The van der Waals surface area contributed by atoms with Gasteiger partial charge in [0.2, 0.25) is 0 Å². The van der Waals surface area contributed by atoms with Crippen molar-refractivity contribution in [1.29, 1.82) is 0 Å². The third kappa shape index (κ3) is 3.94. The Morgan fingerprint density at radius 1 is 1.47 bits per heavy atom. The number of aliphatic hydroxyl groups excluding tert-OH is 1. The van der Waals surface area contributed by atoms with Crippen LogP contribution in [0.25, 0.3) is 0 Å². The molecular weight excluding hydrogens is 260 g/mol. The van der Waals surface area contributed by atoms with Gasteiger partial charge in [-0.1, -0.05) is 0 Å². The lowest BCUT2D eigenvalue weighted by molar-refractivity contribution is 0.0913. The number of pyridine rings is 1. The van der Waals surface area contributed by atoms with Gasteiger partial charge in [-0.2, -0.15) is 0 Å². The fourth-order valence-corrected chi connectivity index (χ4v) is 2.83. The molecule has 0 atom stereocenters. The van der Waals surface area contributed by atoms with E-state index in [2.05, 4.69) is 10.3 Å². The van der Waals surface area contributed by atoms with Crippen molar-refractivity contribution in [3.63, 3.8) is 0 Å². The van der Waals surface area contributed by atoms with Gasteiger partial charge >= 0.3 is 0 Å². The summed E-state index contributed by atoms with van der Waals surface area (Å²) in [6.45, 7) is 0.266. The minimum Gasteiger partial charge on any atom is -0.396 e. The summed E-state index contributed by atoms with van der Waals surface area (Å²) in [6.07, 6.45) is 7.51. The van der Waals surface area contributed by atoms with Crippen molar-refractivity contribution in [3.8, 4) is 0 Å². The van der Waals surface area contributed by atoms with Gasteiger partial charge in [0.25, 0.3) is 5.91 Å². The molecule has 1 aromatic rings. The Morgan fingerprint density at radius 2 is 2.21 bits per heavy atom. The van der Waals surface area contributed by atoms with Gasteiger partial charge in [-0.05, 0) is 50.0 Å². The molecule has 1 amide bonds. The molecule has 0 aromatic carbocycles. The molecule has 0 aliphatic heterocycles. The second kappa shape index (κ2) is 6.91. The number of hydrogen-bond donors (Lipinski definition) is 2. The maximum Gasteiger partial charge on any atom is 0.251 e. The van der Waals surface area contributed by atoms with Crippen molar-refractivity contribution in [2.45, 2.75) is 36.8 Å². The van der Waals surface area contributed by atoms with Crippen LogP contribution in [0.15, 0.2) is 23.4 Å². The SMILES string of the molecule is CSc1cc(C(=O)NC2CCC(CO)CC2)ccn1. The van der Waals surface area contributed by atoms with E-state index < -0.39 is 0 Å². The van der Waals surface area contributed by atoms with E-state index in [1.54, 1.807) is 12.3 Å². The smallest absolute Gasteiger partial charge is 0.251 e. The molecular formula is C14H20N2O2S. The van der Waals surface area contributed by atoms with E-state index in [1.807, 2.05) is 12.3 Å². The minimum atomic E-state index is -0.0230. The lowest BCUT2D eigenvalue weighted by Gasteiger charge is -2.27. The molecule has 2 rings (SSSR count). The molecule has 0 bridgehead atoms. The lowest BCUT2D eigenvalue weighted by atomic mass is 9.86. The number of carbonyl (C=O) groups excluding carboxylic acids is 1. The topological polar surface area (TPSA) is 62.2 Å². The molecule has 0 spiro atoms. The predicted octanol–water partition coefficient (Wildman–Crippen LogP) is 2.08. The second-order valence-corrected chi connectivity index (χ2v) is 5.79. The van der Waals surface area contributed by atoms with Crippen LogP contribution in [0.2, 0.25) is 0 Å². The Balaban J connectivity index is 1.90. The van der Waals surface area contributed by atoms with Gasteiger partial charge in [0.1, 0.15) is 0 Å². The van der Waals surface area contributed by atoms with E-state index in [9.17, 15) is 4.79 Å². The van der Waals surface area contributed by atoms with Gasteiger partial charge in [0.15, 0.2) is 0 Å². The van der Waals surface area contributed by atoms with Crippen LogP contribution in [0.1, 0.15) is 36.0 Å². The van der Waals surface area contributed by atoms with Gasteiger partial charge in [-0.25, -0.2) is 4.98 Å². The highest BCUT2D eigenvalue weighted by Crippen LogP contribution is 2.24. The maximum atomic E-state index is 12.1. The van der Waals surface area contributed by atoms with E-state index in [4.69, 9.17) is 5.11 Å². The zero-order valence-corrected chi connectivity index (χ0v) is 11.9. The molecule has 1 heterocycles. The quantitative estimate of drug-likeness (QED) is 0.829. The summed E-state index contributed by atoms with van der Waals surface area (Å²) in [6, 6.07) is 3.80. The van der Waals surface area contributed by atoms with Gasteiger partial charge in [-0.3, -0.25) is 4.79 Å². The molecule has 4 nitrogen and oxygen atoms in total. The van der Waals surface area contributed by atoms with Crippen LogP contribution in [-0.4, -0.2) is 34.9 Å². The van der Waals surface area contributed by atoms with Crippen LogP contribution in [0.5, 0.6) is 0 Å². The van der Waals surface area contributed by atoms with Crippen molar-refractivity contribution in [1.82, 2.24) is 10.3 Å². The minimum absolute atomic E-state index is 0.0230. The van der Waals surface area contributed by atoms with Crippen molar-refractivity contribution >= 4 is 17.7 Å². The third-order valence-electron chi connectivity index (χ3n) is 3.65. The number of thioether (sulfide) groups is 1. The highest BCUT2D eigenvalue weighted by atomic mass is 32.2. The lowest BCUT2D eigenvalue weighted by Crippen LogP contribution is -2.38. The largest absolute Gasteiger partial charge is 0.396 e. The summed E-state index contributed by atoms with van der Waals surface area (Å²) in [5.74, 6) is 0.391. The molecule has 1 aliphatic rings. The van der Waals surface area contributed by atoms with Crippen molar-refractivity contribution in [2.24, 2.45) is 5.92 Å². The first kappa shape index (κ1) is 14.3. The number of nitrogens with zero attached hydrogens (tertiary/aromatic N) is 1. The Bertz CT molecular complexity index is 431. The highest BCUT2D eigenvalue weighted by Gasteiger charge is 2.22. The average Bonchev–Trinajstić information content (AvgIpc) is 2.48. The second-order valence-electron chi connectivity index (χ2n) is 4.96. The molecule has 1 aliphatic carbocycles. The number of aliphatic hydroxyl groups is 1. The molecule has 1 fully saturated rings. The Labute approximate surface area is 118 Å². The number of hydrogen-bond acceptors (Lipinski definition) is 4. The summed E-state index contributed by atoms with van der Waals surface area (Å²) in [7, 11) is 0. The average molecular weight is 280 g/mol. The van der Waals surface area contributed by atoms with Gasteiger partial charge in [-0.15, -0.1) is 11.8 Å². The van der Waals surface area contributed by atoms with Crippen molar-refractivity contribution in [2.75, 3.05) is 12.9 Å². The van der Waals surface area contributed by atoms with E-state index >= 15 is 0 Å². The fraction of sp³-hybridized carbons (Fsp3) is 0.571. The zero-order chi connectivity index (χ0) is 13.7. The van der Waals surface area contributed by atoms with Crippen molar-refractivity contribution in [3.05, 3.63) is 23.9 Å². The van der Waals surface area contributed by atoms with Crippen LogP contribution in [-0.2, 0) is 0 Å². The predicted molar refractivity (Wildman–Crippen MR) is 76.3 cm³/mol. The molecule has 2 N–H and O–H groups in total.